The van der Waals surface area contributed by atoms with Gasteiger partial charge >= 0.3 is 0 Å². The van der Waals surface area contributed by atoms with Crippen molar-refractivity contribution in [3.05, 3.63) is 209 Å². The number of thiophene rings is 1. The maximum Gasteiger partial charge on any atom is 0.161 e. The summed E-state index contributed by atoms with van der Waals surface area (Å²) in [5.41, 5.74) is 12.7. The first-order valence-electron chi connectivity index (χ1n) is 19.2. The number of rotatable bonds is 10. The van der Waals surface area contributed by atoms with Crippen LogP contribution in [0.4, 0.5) is 0 Å². The van der Waals surface area contributed by atoms with Gasteiger partial charge in [-0.25, -0.2) is 15.0 Å². The second-order valence-corrected chi connectivity index (χ2v) is 15.0. The van der Waals surface area contributed by atoms with Crippen molar-refractivity contribution >= 4 is 74.0 Å². The molecule has 57 heavy (non-hydrogen) atoms. The molecule has 0 unspecified atom stereocenters. The smallest absolute Gasteiger partial charge is 0.161 e. The summed E-state index contributed by atoms with van der Waals surface area (Å²) >= 11 is 1.78. The number of benzene rings is 4. The van der Waals surface area contributed by atoms with Crippen molar-refractivity contribution in [2.24, 2.45) is 9.98 Å². The monoisotopic (exact) mass is 754 g/mol. The Bertz CT molecular complexity index is 2790. The summed E-state index contributed by atoms with van der Waals surface area (Å²) in [7, 11) is 0. The van der Waals surface area contributed by atoms with Gasteiger partial charge in [0.05, 0.1) is 11.2 Å². The number of nitrogens with zero attached hydrogens (tertiary/aromatic N) is 3. The third-order valence-electron chi connectivity index (χ3n) is 10.4. The van der Waals surface area contributed by atoms with Crippen molar-refractivity contribution in [3.8, 4) is 11.1 Å². The summed E-state index contributed by atoms with van der Waals surface area (Å²) in [5.74, 6) is 0.585. The van der Waals surface area contributed by atoms with Crippen molar-refractivity contribution in [3.63, 3.8) is 0 Å². The number of aliphatic imine (C=N–C) groups is 2. The fourth-order valence-electron chi connectivity index (χ4n) is 7.41. The fourth-order valence-corrected chi connectivity index (χ4v) is 8.64. The largest absolute Gasteiger partial charge is 0.283 e. The van der Waals surface area contributed by atoms with Crippen LogP contribution in [0.3, 0.4) is 0 Å². The van der Waals surface area contributed by atoms with Gasteiger partial charge in [-0.05, 0) is 88.4 Å². The minimum Gasteiger partial charge on any atom is -0.283 e. The molecule has 8 rings (SSSR count). The molecule has 0 spiro atoms. The molecular formula is C52H42N4S. The lowest BCUT2D eigenvalue weighted by Gasteiger charge is -2.17. The highest BCUT2D eigenvalue weighted by molar-refractivity contribution is 7.20. The van der Waals surface area contributed by atoms with Gasteiger partial charge in [0.1, 0.15) is 5.84 Å². The Hall–Kier alpha value is -6.82. The Labute approximate surface area is 338 Å². The quantitative estimate of drug-likeness (QED) is 0.0845. The highest BCUT2D eigenvalue weighted by Crippen LogP contribution is 2.43. The number of nitrogens with one attached hydrogen (secondary N) is 1. The van der Waals surface area contributed by atoms with Crippen LogP contribution in [0, 0.1) is 5.41 Å². The number of para-hydroxylation sites is 1. The van der Waals surface area contributed by atoms with E-state index < -0.39 is 0 Å². The first-order chi connectivity index (χ1) is 28.0. The van der Waals surface area contributed by atoms with Gasteiger partial charge in [0, 0.05) is 37.7 Å². The van der Waals surface area contributed by atoms with Crippen LogP contribution in [0.1, 0.15) is 52.1 Å². The Morgan fingerprint density at radius 2 is 1.54 bits per heavy atom. The summed E-state index contributed by atoms with van der Waals surface area (Å²) < 4.78 is 1.21. The van der Waals surface area contributed by atoms with E-state index in [1.54, 1.807) is 35.8 Å². The van der Waals surface area contributed by atoms with Crippen molar-refractivity contribution < 1.29 is 0 Å². The molecule has 0 amide bonds. The van der Waals surface area contributed by atoms with E-state index >= 15 is 0 Å². The van der Waals surface area contributed by atoms with E-state index in [0.29, 0.717) is 17.8 Å². The number of amidine groups is 2. The highest BCUT2D eigenvalue weighted by Gasteiger charge is 2.20. The minimum atomic E-state index is 0.174. The van der Waals surface area contributed by atoms with Crippen LogP contribution < -0.4 is 0 Å². The Morgan fingerprint density at radius 3 is 2.32 bits per heavy atom. The van der Waals surface area contributed by atoms with Gasteiger partial charge < -0.3 is 0 Å². The first kappa shape index (κ1) is 37.1. The summed E-state index contributed by atoms with van der Waals surface area (Å²) in [6, 6.07) is 35.6. The van der Waals surface area contributed by atoms with E-state index in [9.17, 15) is 0 Å². The molecule has 276 valence electrons. The zero-order valence-electron chi connectivity index (χ0n) is 31.8. The molecule has 0 atom stereocenters. The Balaban J connectivity index is 1.15. The van der Waals surface area contributed by atoms with Crippen LogP contribution in [-0.2, 0) is 6.42 Å². The molecule has 1 N–H and O–H groups in total. The van der Waals surface area contributed by atoms with Crippen LogP contribution >= 0.6 is 11.3 Å². The molecular weight excluding hydrogens is 713 g/mol. The van der Waals surface area contributed by atoms with Gasteiger partial charge in [0.15, 0.2) is 5.84 Å². The first-order valence-corrected chi connectivity index (χ1v) is 20.0. The number of hydrogen-bond acceptors (Lipinski definition) is 3. The normalized spacial score (nSPS) is 14.5. The summed E-state index contributed by atoms with van der Waals surface area (Å²) in [4.78, 5) is 15.7. The molecule has 2 aliphatic rings. The zero-order valence-corrected chi connectivity index (χ0v) is 32.6. The molecule has 0 bridgehead atoms. The average Bonchev–Trinajstić information content (AvgIpc) is 3.64. The van der Waals surface area contributed by atoms with Crippen molar-refractivity contribution in [2.45, 2.75) is 25.7 Å². The van der Waals surface area contributed by atoms with Gasteiger partial charge in [-0.1, -0.05) is 159 Å². The predicted molar refractivity (Wildman–Crippen MR) is 247 cm³/mol. The van der Waals surface area contributed by atoms with Gasteiger partial charge in [-0.2, -0.15) is 0 Å². The molecule has 6 aromatic rings. The van der Waals surface area contributed by atoms with E-state index in [1.807, 2.05) is 36.4 Å². The lowest BCUT2D eigenvalue weighted by atomic mass is 9.90. The van der Waals surface area contributed by atoms with Gasteiger partial charge in [0.2, 0.25) is 0 Å². The molecule has 0 radical (unpaired) electrons. The van der Waals surface area contributed by atoms with Crippen LogP contribution in [0.25, 0.3) is 55.9 Å². The maximum absolute atomic E-state index is 9.00. The average molecular weight is 755 g/mol. The summed E-state index contributed by atoms with van der Waals surface area (Å²) in [6.07, 6.45) is 23.4. The molecule has 4 nitrogen and oxygen atoms in total. The van der Waals surface area contributed by atoms with Crippen LogP contribution in [0.15, 0.2) is 186 Å². The number of allylic oxidation sites excluding steroid dienone is 7. The molecule has 0 saturated heterocycles. The standard InChI is InChI=1S/C52H42N4S/c1-4-16-37(5-2)52(54-34-36-17-8-6-9-18-36)56-51(53)40-27-25-38(26-28-40)35(3)50-46(45-30-29-41(33-49(45)57-50)39-19-10-7-11-20-39)31-32-48-44-22-13-12-21-42(44)43-23-14-15-24-47(43)55-48/h4-12,14-21,23-25,27,29-34,53H,1-3,13,22,26,28H2/b32-31+,37-16+,53-51?,54-34+,56-52-. The van der Waals surface area contributed by atoms with Gasteiger partial charge in [-0.15, -0.1) is 11.3 Å². The van der Waals surface area contributed by atoms with Crippen LogP contribution in [-0.4, -0.2) is 22.9 Å². The van der Waals surface area contributed by atoms with E-state index in [4.69, 9.17) is 17.0 Å². The predicted octanol–water partition coefficient (Wildman–Crippen LogP) is 13.7. The Kier molecular flexibility index (Phi) is 11.0. The lowest BCUT2D eigenvalue weighted by Crippen LogP contribution is -2.08. The molecule has 2 aliphatic carbocycles. The number of aromatic nitrogens is 1. The molecule has 2 aromatic heterocycles. The topological polar surface area (TPSA) is 61.5 Å². The van der Waals surface area contributed by atoms with Crippen LogP contribution in [0.5, 0.6) is 0 Å². The number of fused-ring (bicyclic) bond motifs is 4. The number of pyridine rings is 1. The zero-order chi connectivity index (χ0) is 39.1. The molecule has 0 fully saturated rings. The van der Waals surface area contributed by atoms with E-state index in [0.717, 1.165) is 63.2 Å². The van der Waals surface area contributed by atoms with Crippen LogP contribution in [0.2, 0.25) is 0 Å². The highest BCUT2D eigenvalue weighted by atomic mass is 32.1. The van der Waals surface area contributed by atoms with Gasteiger partial charge in [0.25, 0.3) is 0 Å². The molecule has 2 heterocycles. The maximum atomic E-state index is 9.00. The molecule has 4 aromatic carbocycles. The van der Waals surface area contributed by atoms with Gasteiger partial charge in [-0.3, -0.25) is 5.41 Å². The van der Waals surface area contributed by atoms with Crippen molar-refractivity contribution in [1.29, 1.82) is 5.41 Å². The summed E-state index contributed by atoms with van der Waals surface area (Å²) in [5, 5.41) is 11.4. The fraction of sp³-hybridized carbons (Fsp3) is 0.0769. The van der Waals surface area contributed by atoms with Crippen molar-refractivity contribution in [2.75, 3.05) is 0 Å². The third kappa shape index (κ3) is 7.97. The van der Waals surface area contributed by atoms with Crippen molar-refractivity contribution in [1.82, 2.24) is 4.98 Å². The third-order valence-corrected chi connectivity index (χ3v) is 11.6. The van der Waals surface area contributed by atoms with E-state index in [2.05, 4.69) is 126 Å². The summed E-state index contributed by atoms with van der Waals surface area (Å²) in [6.45, 7) is 12.5. The second-order valence-electron chi connectivity index (χ2n) is 14.0. The SMILES string of the molecule is C=C/C=C(C=C)/C(=N/C(=N)C1=CC=C(C(=C)c2sc3cc(-c4ccccc4)ccc3c2/C=C/c2nc3ccccc3c3c2CCC=C3)CC1)/N=C/c1ccccc1. The molecule has 0 saturated carbocycles. The Morgan fingerprint density at radius 1 is 0.789 bits per heavy atom. The number of hydrogen-bond donors (Lipinski definition) is 1. The second kappa shape index (κ2) is 16.9. The van der Waals surface area contributed by atoms with E-state index in [1.165, 1.54) is 37.7 Å². The van der Waals surface area contributed by atoms with E-state index in [-0.39, 0.29) is 5.84 Å². The lowest BCUT2D eigenvalue weighted by molar-refractivity contribution is 0.964. The minimum absolute atomic E-state index is 0.174. The molecule has 5 heteroatoms. The molecule has 0 aliphatic heterocycles.